The molecule has 0 aliphatic carbocycles. The van der Waals surface area contributed by atoms with E-state index in [1.54, 1.807) is 19.3 Å². The summed E-state index contributed by atoms with van der Waals surface area (Å²) in [7, 11) is 1.77. The van der Waals surface area contributed by atoms with Crippen LogP contribution in [-0.2, 0) is 0 Å². The van der Waals surface area contributed by atoms with Crippen LogP contribution in [0, 0.1) is 0 Å². The maximum Gasteiger partial charge on any atom is 0.264 e. The highest BCUT2D eigenvalue weighted by atomic mass is 16.1. The van der Waals surface area contributed by atoms with E-state index in [2.05, 4.69) is 25.5 Å². The summed E-state index contributed by atoms with van der Waals surface area (Å²) in [5.41, 5.74) is 2.86. The summed E-state index contributed by atoms with van der Waals surface area (Å²) in [4.78, 5) is 19.9. The van der Waals surface area contributed by atoms with Crippen LogP contribution in [0.5, 0.6) is 0 Å². The van der Waals surface area contributed by atoms with Crippen molar-refractivity contribution in [2.75, 3.05) is 12.4 Å². The zero-order valence-corrected chi connectivity index (χ0v) is 11.4. The Morgan fingerprint density at radius 2 is 1.90 bits per heavy atom. The third-order valence-corrected chi connectivity index (χ3v) is 3.01. The summed E-state index contributed by atoms with van der Waals surface area (Å²) in [6.07, 6.45) is 1.70. The number of benzene rings is 1. The Bertz CT molecular complexity index is 793. The van der Waals surface area contributed by atoms with Crippen LogP contribution in [-0.4, -0.2) is 27.2 Å². The van der Waals surface area contributed by atoms with E-state index in [4.69, 9.17) is 0 Å². The zero-order valence-electron chi connectivity index (χ0n) is 11.4. The fourth-order valence-electron chi connectivity index (χ4n) is 2.00. The van der Waals surface area contributed by atoms with Gasteiger partial charge >= 0.3 is 0 Å². The molecule has 0 unspecified atom stereocenters. The van der Waals surface area contributed by atoms with E-state index >= 15 is 0 Å². The molecule has 0 amide bonds. The first-order valence-corrected chi connectivity index (χ1v) is 6.44. The maximum absolute atomic E-state index is 11.1. The summed E-state index contributed by atoms with van der Waals surface area (Å²) >= 11 is 0. The monoisotopic (exact) mass is 279 g/mol. The minimum Gasteiger partial charge on any atom is -0.357 e. The molecule has 6 heteroatoms. The van der Waals surface area contributed by atoms with Gasteiger partial charge in [-0.15, -0.1) is 0 Å². The van der Waals surface area contributed by atoms with Gasteiger partial charge in [-0.25, -0.2) is 15.1 Å². The number of H-pyrrole nitrogens is 1. The van der Waals surface area contributed by atoms with Crippen LogP contribution in [0.25, 0.3) is 22.5 Å². The lowest BCUT2D eigenvalue weighted by atomic mass is 10.0. The predicted molar refractivity (Wildman–Crippen MR) is 80.9 cm³/mol. The molecule has 3 rings (SSSR count). The first-order chi connectivity index (χ1) is 10.3. The lowest BCUT2D eigenvalue weighted by Gasteiger charge is -2.09. The van der Waals surface area contributed by atoms with Crippen molar-refractivity contribution in [3.63, 3.8) is 0 Å². The molecule has 0 fully saturated rings. The van der Waals surface area contributed by atoms with Crippen molar-refractivity contribution in [3.8, 4) is 22.5 Å². The number of hydrogen-bond donors (Lipinski definition) is 2. The van der Waals surface area contributed by atoms with Gasteiger partial charge in [-0.3, -0.25) is 4.79 Å². The molecule has 3 aromatic rings. The number of anilines is 1. The molecule has 0 spiro atoms. The average molecular weight is 279 g/mol. The summed E-state index contributed by atoms with van der Waals surface area (Å²) in [6.45, 7) is 0. The number of aromatic nitrogens is 4. The molecule has 1 aromatic carbocycles. The van der Waals surface area contributed by atoms with Crippen molar-refractivity contribution in [3.05, 3.63) is 59.0 Å². The van der Waals surface area contributed by atoms with Gasteiger partial charge in [0.25, 0.3) is 5.56 Å². The molecule has 0 aliphatic heterocycles. The third kappa shape index (κ3) is 2.64. The van der Waals surface area contributed by atoms with Gasteiger partial charge in [0.05, 0.1) is 11.4 Å². The molecule has 0 bridgehead atoms. The van der Waals surface area contributed by atoms with Crippen LogP contribution in [0.3, 0.4) is 0 Å². The second-order valence-electron chi connectivity index (χ2n) is 4.38. The highest BCUT2D eigenvalue weighted by Crippen LogP contribution is 2.28. The zero-order chi connectivity index (χ0) is 14.7. The first-order valence-electron chi connectivity index (χ1n) is 6.44. The SMILES string of the molecule is CNc1ncc(-c2ccc(=O)[nH]n2)c(-c2ccccc2)n1. The minimum absolute atomic E-state index is 0.243. The molecule has 104 valence electrons. The van der Waals surface area contributed by atoms with Crippen molar-refractivity contribution < 1.29 is 0 Å². The van der Waals surface area contributed by atoms with Crippen molar-refractivity contribution in [2.24, 2.45) is 0 Å². The van der Waals surface area contributed by atoms with Gasteiger partial charge in [0.2, 0.25) is 5.95 Å². The Balaban J connectivity index is 2.20. The molecule has 21 heavy (non-hydrogen) atoms. The van der Waals surface area contributed by atoms with Crippen LogP contribution >= 0.6 is 0 Å². The fourth-order valence-corrected chi connectivity index (χ4v) is 2.00. The van der Waals surface area contributed by atoms with Crippen LogP contribution in [0.2, 0.25) is 0 Å². The van der Waals surface area contributed by atoms with E-state index in [9.17, 15) is 4.79 Å². The van der Waals surface area contributed by atoms with E-state index in [-0.39, 0.29) is 5.56 Å². The predicted octanol–water partition coefficient (Wildman–Crippen LogP) is 1.94. The lowest BCUT2D eigenvalue weighted by molar-refractivity contribution is 0.991. The van der Waals surface area contributed by atoms with Gasteiger partial charge in [-0.1, -0.05) is 30.3 Å². The first kappa shape index (κ1) is 13.0. The number of rotatable bonds is 3. The van der Waals surface area contributed by atoms with E-state index in [0.29, 0.717) is 11.6 Å². The molecule has 0 saturated carbocycles. The van der Waals surface area contributed by atoms with Gasteiger partial charge in [0, 0.05) is 30.4 Å². The molecular weight excluding hydrogens is 266 g/mol. The normalized spacial score (nSPS) is 10.3. The number of hydrogen-bond acceptors (Lipinski definition) is 5. The van der Waals surface area contributed by atoms with Gasteiger partial charge in [-0.2, -0.15) is 5.10 Å². The Hall–Kier alpha value is -3.02. The van der Waals surface area contributed by atoms with E-state index in [1.807, 2.05) is 30.3 Å². The van der Waals surface area contributed by atoms with Crippen LogP contribution in [0.15, 0.2) is 53.5 Å². The van der Waals surface area contributed by atoms with Gasteiger partial charge in [0.1, 0.15) is 0 Å². The number of aromatic amines is 1. The second kappa shape index (κ2) is 5.54. The number of nitrogens with one attached hydrogen (secondary N) is 2. The maximum atomic E-state index is 11.1. The molecule has 2 aromatic heterocycles. The fraction of sp³-hybridized carbons (Fsp3) is 0.0667. The summed E-state index contributed by atoms with van der Waals surface area (Å²) in [6, 6.07) is 12.9. The van der Waals surface area contributed by atoms with Gasteiger partial charge < -0.3 is 5.32 Å². The van der Waals surface area contributed by atoms with E-state index < -0.39 is 0 Å². The van der Waals surface area contributed by atoms with Gasteiger partial charge in [0.15, 0.2) is 0 Å². The minimum atomic E-state index is -0.243. The van der Waals surface area contributed by atoms with Crippen LogP contribution in [0.1, 0.15) is 0 Å². The smallest absolute Gasteiger partial charge is 0.264 e. The molecule has 2 heterocycles. The Labute approximate surface area is 120 Å². The molecule has 2 N–H and O–H groups in total. The quantitative estimate of drug-likeness (QED) is 0.765. The standard InChI is InChI=1S/C15H13N5O/c1-16-15-17-9-11(12-7-8-13(21)20-19-12)14(18-15)10-5-3-2-4-6-10/h2-9H,1H3,(H,20,21)(H,16,17,18). The van der Waals surface area contributed by atoms with Crippen LogP contribution in [0.4, 0.5) is 5.95 Å². The van der Waals surface area contributed by atoms with Crippen molar-refractivity contribution >= 4 is 5.95 Å². The Morgan fingerprint density at radius 1 is 1.10 bits per heavy atom. The summed E-state index contributed by atoms with van der Waals surface area (Å²) in [5.74, 6) is 0.530. The third-order valence-electron chi connectivity index (χ3n) is 3.01. The molecule has 0 saturated heterocycles. The van der Waals surface area contributed by atoms with Crippen molar-refractivity contribution in [1.29, 1.82) is 0 Å². The molecule has 0 atom stereocenters. The van der Waals surface area contributed by atoms with E-state index in [0.717, 1.165) is 16.8 Å². The molecule has 6 nitrogen and oxygen atoms in total. The van der Waals surface area contributed by atoms with Crippen molar-refractivity contribution in [2.45, 2.75) is 0 Å². The number of nitrogens with zero attached hydrogens (tertiary/aromatic N) is 3. The summed E-state index contributed by atoms with van der Waals surface area (Å²) < 4.78 is 0. The van der Waals surface area contributed by atoms with Gasteiger partial charge in [-0.05, 0) is 6.07 Å². The largest absolute Gasteiger partial charge is 0.357 e. The summed E-state index contributed by atoms with van der Waals surface area (Å²) in [5, 5.41) is 9.41. The van der Waals surface area contributed by atoms with Crippen LogP contribution < -0.4 is 10.9 Å². The topological polar surface area (TPSA) is 83.6 Å². The average Bonchev–Trinajstić information content (AvgIpc) is 2.56. The molecule has 0 radical (unpaired) electrons. The molecule has 0 aliphatic rings. The highest BCUT2D eigenvalue weighted by molar-refractivity contribution is 5.78. The van der Waals surface area contributed by atoms with E-state index in [1.165, 1.54) is 6.07 Å². The Kier molecular flexibility index (Phi) is 3.42. The lowest BCUT2D eigenvalue weighted by Crippen LogP contribution is -2.07. The Morgan fingerprint density at radius 3 is 2.57 bits per heavy atom. The second-order valence-corrected chi connectivity index (χ2v) is 4.38. The van der Waals surface area contributed by atoms with Crippen molar-refractivity contribution in [1.82, 2.24) is 20.2 Å². The highest BCUT2D eigenvalue weighted by Gasteiger charge is 2.12. The molecular formula is C15H13N5O.